The molecule has 0 amide bonds. The van der Waals surface area contributed by atoms with Crippen molar-refractivity contribution in [2.75, 3.05) is 0 Å². The fourth-order valence-electron chi connectivity index (χ4n) is 1.71. The number of aromatic nitrogens is 2. The van der Waals surface area contributed by atoms with Gasteiger partial charge in [0.15, 0.2) is 0 Å². The smallest absolute Gasteiger partial charge is 0.0946 e. The Hall–Kier alpha value is -1.32. The largest absolute Gasteiger partial charge is 0.391 e. The number of hydrogen-bond donors (Lipinski definition) is 1. The maximum atomic E-state index is 9.86. The number of aliphatic hydroxyl groups is 1. The van der Waals surface area contributed by atoms with E-state index in [2.05, 4.69) is 4.98 Å². The van der Waals surface area contributed by atoms with Crippen LogP contribution in [-0.2, 0) is 13.0 Å². The molecular formula is C13H15ClN2O. The third-order valence-corrected chi connectivity index (χ3v) is 2.91. The quantitative estimate of drug-likeness (QED) is 0.886. The van der Waals surface area contributed by atoms with Gasteiger partial charge in [-0.25, -0.2) is 4.98 Å². The number of rotatable bonds is 5. The molecule has 0 fully saturated rings. The van der Waals surface area contributed by atoms with Gasteiger partial charge in [0.05, 0.1) is 12.4 Å². The summed E-state index contributed by atoms with van der Waals surface area (Å²) >= 11 is 5.81. The van der Waals surface area contributed by atoms with E-state index >= 15 is 0 Å². The van der Waals surface area contributed by atoms with Gasteiger partial charge in [-0.15, -0.1) is 0 Å². The Balaban J connectivity index is 1.79. The number of hydrogen-bond acceptors (Lipinski definition) is 2. The topological polar surface area (TPSA) is 38.0 Å². The maximum absolute atomic E-state index is 9.86. The van der Waals surface area contributed by atoms with E-state index < -0.39 is 0 Å². The van der Waals surface area contributed by atoms with Crippen molar-refractivity contribution in [3.05, 3.63) is 53.6 Å². The zero-order valence-corrected chi connectivity index (χ0v) is 10.2. The lowest BCUT2D eigenvalue weighted by Gasteiger charge is -2.11. The zero-order valence-electron chi connectivity index (χ0n) is 9.46. The minimum atomic E-state index is -0.347. The molecule has 0 saturated carbocycles. The Morgan fingerprint density at radius 1 is 1.29 bits per heavy atom. The first-order valence-electron chi connectivity index (χ1n) is 5.62. The molecule has 4 heteroatoms. The van der Waals surface area contributed by atoms with Crippen molar-refractivity contribution in [1.29, 1.82) is 0 Å². The van der Waals surface area contributed by atoms with E-state index in [0.717, 1.165) is 17.9 Å². The maximum Gasteiger partial charge on any atom is 0.0946 e. The lowest BCUT2D eigenvalue weighted by atomic mass is 10.1. The lowest BCUT2D eigenvalue weighted by molar-refractivity contribution is 0.144. The molecule has 1 heterocycles. The summed E-state index contributed by atoms with van der Waals surface area (Å²) in [4.78, 5) is 3.94. The van der Waals surface area contributed by atoms with Crippen molar-refractivity contribution in [1.82, 2.24) is 9.55 Å². The van der Waals surface area contributed by atoms with Crippen LogP contribution in [0.4, 0.5) is 0 Å². The molecule has 0 aliphatic heterocycles. The van der Waals surface area contributed by atoms with Gasteiger partial charge in [0.2, 0.25) is 0 Å². The molecule has 0 saturated heterocycles. The fraction of sp³-hybridized carbons (Fsp3) is 0.308. The Bertz CT molecular complexity index is 439. The van der Waals surface area contributed by atoms with Gasteiger partial charge < -0.3 is 9.67 Å². The molecule has 0 unspecified atom stereocenters. The number of imidazole rings is 1. The molecule has 1 N–H and O–H groups in total. The number of aliphatic hydroxyl groups excluding tert-OH is 1. The first kappa shape index (κ1) is 12.1. The van der Waals surface area contributed by atoms with Gasteiger partial charge in [0.25, 0.3) is 0 Å². The molecule has 0 bridgehead atoms. The molecule has 1 atom stereocenters. The van der Waals surface area contributed by atoms with Gasteiger partial charge in [0, 0.05) is 24.0 Å². The first-order chi connectivity index (χ1) is 8.24. The van der Waals surface area contributed by atoms with E-state index in [1.165, 1.54) is 5.56 Å². The van der Waals surface area contributed by atoms with E-state index in [4.69, 9.17) is 11.6 Å². The molecular weight excluding hydrogens is 236 g/mol. The van der Waals surface area contributed by atoms with Gasteiger partial charge in [-0.05, 0) is 30.5 Å². The van der Waals surface area contributed by atoms with E-state index in [1.54, 1.807) is 12.5 Å². The van der Waals surface area contributed by atoms with Crippen molar-refractivity contribution in [2.24, 2.45) is 0 Å². The van der Waals surface area contributed by atoms with Crippen LogP contribution in [0.1, 0.15) is 12.0 Å². The van der Waals surface area contributed by atoms with E-state index in [-0.39, 0.29) is 6.10 Å². The summed E-state index contributed by atoms with van der Waals surface area (Å²) in [6, 6.07) is 7.73. The van der Waals surface area contributed by atoms with Gasteiger partial charge in [-0.3, -0.25) is 0 Å². The monoisotopic (exact) mass is 250 g/mol. The van der Waals surface area contributed by atoms with Crippen LogP contribution < -0.4 is 0 Å². The third kappa shape index (κ3) is 3.88. The average molecular weight is 251 g/mol. The van der Waals surface area contributed by atoms with Crippen LogP contribution in [0.25, 0.3) is 0 Å². The Morgan fingerprint density at radius 2 is 2.06 bits per heavy atom. The van der Waals surface area contributed by atoms with Gasteiger partial charge in [-0.1, -0.05) is 23.7 Å². The Labute approximate surface area is 106 Å². The summed E-state index contributed by atoms with van der Waals surface area (Å²) in [6.07, 6.45) is 6.52. The van der Waals surface area contributed by atoms with Crippen LogP contribution >= 0.6 is 11.6 Å². The summed E-state index contributed by atoms with van der Waals surface area (Å²) in [6.45, 7) is 0.591. The van der Waals surface area contributed by atoms with Crippen LogP contribution in [-0.4, -0.2) is 20.8 Å². The van der Waals surface area contributed by atoms with Crippen LogP contribution in [0.5, 0.6) is 0 Å². The third-order valence-electron chi connectivity index (χ3n) is 2.66. The van der Waals surface area contributed by atoms with Crippen molar-refractivity contribution < 1.29 is 5.11 Å². The highest BCUT2D eigenvalue weighted by Gasteiger charge is 2.05. The van der Waals surface area contributed by atoms with E-state index in [9.17, 15) is 5.11 Å². The lowest BCUT2D eigenvalue weighted by Crippen LogP contribution is -2.15. The molecule has 0 aliphatic rings. The number of nitrogens with zero attached hydrogens (tertiary/aromatic N) is 2. The van der Waals surface area contributed by atoms with Crippen LogP contribution in [0, 0.1) is 0 Å². The molecule has 1 aromatic carbocycles. The molecule has 17 heavy (non-hydrogen) atoms. The molecule has 0 spiro atoms. The second-order valence-electron chi connectivity index (χ2n) is 4.08. The minimum absolute atomic E-state index is 0.347. The summed E-state index contributed by atoms with van der Waals surface area (Å²) in [5, 5.41) is 10.6. The number of aryl methyl sites for hydroxylation is 1. The van der Waals surface area contributed by atoms with Gasteiger partial charge >= 0.3 is 0 Å². The predicted octanol–water partition coefficient (Wildman–Crippen LogP) is 2.53. The van der Waals surface area contributed by atoms with Crippen LogP contribution in [0.15, 0.2) is 43.0 Å². The molecule has 0 radical (unpaired) electrons. The number of halogens is 1. The van der Waals surface area contributed by atoms with Crippen molar-refractivity contribution in [2.45, 2.75) is 25.5 Å². The fourth-order valence-corrected chi connectivity index (χ4v) is 1.84. The minimum Gasteiger partial charge on any atom is -0.391 e. The Morgan fingerprint density at radius 3 is 2.71 bits per heavy atom. The van der Waals surface area contributed by atoms with Crippen molar-refractivity contribution >= 4 is 11.6 Å². The highest BCUT2D eigenvalue weighted by atomic mass is 35.5. The summed E-state index contributed by atoms with van der Waals surface area (Å²) in [5.41, 5.74) is 1.19. The Kier molecular flexibility index (Phi) is 4.18. The van der Waals surface area contributed by atoms with Gasteiger partial charge in [-0.2, -0.15) is 0 Å². The second kappa shape index (κ2) is 5.84. The van der Waals surface area contributed by atoms with Gasteiger partial charge in [0.1, 0.15) is 0 Å². The standard InChI is InChI=1S/C13H15ClN2O/c14-12-4-1-11(2-5-12)3-6-13(17)9-16-8-7-15-10-16/h1-2,4-5,7-8,10,13,17H,3,6,9H2/t13-/m0/s1. The second-order valence-corrected chi connectivity index (χ2v) is 4.51. The highest BCUT2D eigenvalue weighted by molar-refractivity contribution is 6.30. The molecule has 0 aliphatic carbocycles. The zero-order chi connectivity index (χ0) is 12.1. The molecule has 2 rings (SSSR count). The molecule has 1 aromatic heterocycles. The SMILES string of the molecule is O[C@@H](CCc1ccc(Cl)cc1)Cn1ccnc1. The van der Waals surface area contributed by atoms with Crippen molar-refractivity contribution in [3.63, 3.8) is 0 Å². The molecule has 90 valence electrons. The summed E-state index contributed by atoms with van der Waals surface area (Å²) in [5.74, 6) is 0. The summed E-state index contributed by atoms with van der Waals surface area (Å²) in [7, 11) is 0. The summed E-state index contributed by atoms with van der Waals surface area (Å²) < 4.78 is 1.88. The average Bonchev–Trinajstić information content (AvgIpc) is 2.81. The predicted molar refractivity (Wildman–Crippen MR) is 68.0 cm³/mol. The van der Waals surface area contributed by atoms with E-state index in [1.807, 2.05) is 35.0 Å². The van der Waals surface area contributed by atoms with E-state index in [0.29, 0.717) is 6.54 Å². The first-order valence-corrected chi connectivity index (χ1v) is 6.00. The normalized spacial score (nSPS) is 12.6. The molecule has 2 aromatic rings. The van der Waals surface area contributed by atoms with Crippen molar-refractivity contribution in [3.8, 4) is 0 Å². The molecule has 3 nitrogen and oxygen atoms in total. The van der Waals surface area contributed by atoms with Crippen LogP contribution in [0.3, 0.4) is 0 Å². The highest BCUT2D eigenvalue weighted by Crippen LogP contribution is 2.12. The number of benzene rings is 1. The van der Waals surface area contributed by atoms with Crippen LogP contribution in [0.2, 0.25) is 5.02 Å².